The highest BCUT2D eigenvalue weighted by Crippen LogP contribution is 2.23. The molecule has 0 spiro atoms. The number of hydrogen-bond acceptors (Lipinski definition) is 2. The summed E-state index contributed by atoms with van der Waals surface area (Å²) in [6.07, 6.45) is 0. The van der Waals surface area contributed by atoms with E-state index in [9.17, 15) is 9.59 Å². The maximum atomic E-state index is 12.8. The molecule has 0 atom stereocenters. The highest BCUT2D eigenvalue weighted by atomic mass is 16.2. The number of urea groups is 2. The normalized spacial score (nSPS) is 10.3. The van der Waals surface area contributed by atoms with Gasteiger partial charge in [-0.2, -0.15) is 0 Å². The summed E-state index contributed by atoms with van der Waals surface area (Å²) < 4.78 is 0. The quantitative estimate of drug-likeness (QED) is 0.612. The van der Waals surface area contributed by atoms with Crippen LogP contribution in [0.25, 0.3) is 0 Å². The van der Waals surface area contributed by atoms with E-state index in [1.807, 2.05) is 84.9 Å². The Morgan fingerprint density at radius 3 is 0.933 bits per heavy atom. The number of rotatable bonds is 4. The molecule has 0 saturated heterocycles. The van der Waals surface area contributed by atoms with Crippen LogP contribution in [0.5, 0.6) is 0 Å². The lowest BCUT2D eigenvalue weighted by molar-refractivity contribution is 0.253. The topological polar surface area (TPSA) is 47.1 Å². The van der Waals surface area contributed by atoms with Gasteiger partial charge in [0.25, 0.3) is 0 Å². The van der Waals surface area contributed by atoms with Crippen molar-refractivity contribution in [1.82, 2.24) is 0 Å². The SMILES string of the molecule is CN(C(=O)N(C)c1ccc(N(C)C(=O)N(C)c2ccccc2)cc1)c1ccccc1. The summed E-state index contributed by atoms with van der Waals surface area (Å²) in [6.45, 7) is 0. The lowest BCUT2D eigenvalue weighted by Gasteiger charge is -2.27. The molecule has 3 aromatic rings. The van der Waals surface area contributed by atoms with E-state index < -0.39 is 0 Å². The Morgan fingerprint density at radius 1 is 0.433 bits per heavy atom. The fraction of sp³-hybridized carbons (Fsp3) is 0.167. The van der Waals surface area contributed by atoms with Crippen molar-refractivity contribution in [2.45, 2.75) is 0 Å². The second kappa shape index (κ2) is 9.13. The first-order valence-corrected chi connectivity index (χ1v) is 9.63. The molecule has 0 radical (unpaired) electrons. The van der Waals surface area contributed by atoms with E-state index in [4.69, 9.17) is 0 Å². The summed E-state index contributed by atoms with van der Waals surface area (Å²) in [6, 6.07) is 26.0. The predicted molar refractivity (Wildman–Crippen MR) is 124 cm³/mol. The summed E-state index contributed by atoms with van der Waals surface area (Å²) in [5.41, 5.74) is 3.12. The van der Waals surface area contributed by atoms with Crippen molar-refractivity contribution >= 4 is 34.8 Å². The van der Waals surface area contributed by atoms with Gasteiger partial charge in [0.2, 0.25) is 0 Å². The molecule has 0 heterocycles. The third-order valence-electron chi connectivity index (χ3n) is 5.06. The van der Waals surface area contributed by atoms with Crippen molar-refractivity contribution in [3.63, 3.8) is 0 Å². The molecule has 0 N–H and O–H groups in total. The minimum Gasteiger partial charge on any atom is -0.297 e. The molecule has 6 heteroatoms. The van der Waals surface area contributed by atoms with E-state index in [-0.39, 0.29) is 12.1 Å². The zero-order chi connectivity index (χ0) is 21.7. The largest absolute Gasteiger partial charge is 0.328 e. The summed E-state index contributed by atoms with van der Waals surface area (Å²) in [7, 11) is 6.95. The number of carbonyl (C=O) groups excluding carboxylic acids is 2. The second-order valence-electron chi connectivity index (χ2n) is 6.99. The van der Waals surface area contributed by atoms with Crippen LogP contribution in [0.3, 0.4) is 0 Å². The molecule has 3 aromatic carbocycles. The number of benzene rings is 3. The number of nitrogens with zero attached hydrogens (tertiary/aromatic N) is 4. The van der Waals surface area contributed by atoms with Gasteiger partial charge in [-0.1, -0.05) is 36.4 Å². The Balaban J connectivity index is 1.70. The molecule has 0 aliphatic rings. The first kappa shape index (κ1) is 20.9. The molecular weight excluding hydrogens is 376 g/mol. The minimum absolute atomic E-state index is 0.151. The van der Waals surface area contributed by atoms with Crippen LogP contribution in [0, 0.1) is 0 Å². The van der Waals surface area contributed by atoms with Gasteiger partial charge in [-0.25, -0.2) is 9.59 Å². The lowest BCUT2D eigenvalue weighted by Crippen LogP contribution is -2.39. The van der Waals surface area contributed by atoms with Crippen LogP contribution >= 0.6 is 0 Å². The van der Waals surface area contributed by atoms with E-state index in [2.05, 4.69) is 0 Å². The van der Waals surface area contributed by atoms with E-state index in [1.54, 1.807) is 47.8 Å². The molecular formula is C24H26N4O2. The van der Waals surface area contributed by atoms with Crippen LogP contribution in [-0.4, -0.2) is 40.3 Å². The van der Waals surface area contributed by atoms with Crippen LogP contribution in [-0.2, 0) is 0 Å². The van der Waals surface area contributed by atoms with Crippen LogP contribution in [0.1, 0.15) is 0 Å². The Morgan fingerprint density at radius 2 is 0.667 bits per heavy atom. The van der Waals surface area contributed by atoms with Crippen molar-refractivity contribution in [3.8, 4) is 0 Å². The fourth-order valence-corrected chi connectivity index (χ4v) is 3.09. The van der Waals surface area contributed by atoms with Gasteiger partial charge < -0.3 is 0 Å². The molecule has 6 nitrogen and oxygen atoms in total. The first-order chi connectivity index (χ1) is 14.4. The number of carbonyl (C=O) groups is 2. The molecule has 0 saturated carbocycles. The maximum absolute atomic E-state index is 12.8. The number of anilines is 4. The Hall–Kier alpha value is -3.80. The fourth-order valence-electron chi connectivity index (χ4n) is 3.09. The van der Waals surface area contributed by atoms with Crippen molar-refractivity contribution in [1.29, 1.82) is 0 Å². The average molecular weight is 402 g/mol. The molecule has 0 unspecified atom stereocenters. The molecule has 0 fully saturated rings. The summed E-state index contributed by atoms with van der Waals surface area (Å²) in [5.74, 6) is 0. The van der Waals surface area contributed by atoms with Crippen molar-refractivity contribution < 1.29 is 9.59 Å². The molecule has 0 aromatic heterocycles. The molecule has 154 valence electrons. The highest BCUT2D eigenvalue weighted by Gasteiger charge is 2.19. The molecule has 3 rings (SSSR count). The smallest absolute Gasteiger partial charge is 0.297 e. The predicted octanol–water partition coefficient (Wildman–Crippen LogP) is 5.07. The van der Waals surface area contributed by atoms with E-state index in [1.165, 1.54) is 0 Å². The van der Waals surface area contributed by atoms with Gasteiger partial charge in [0, 0.05) is 50.9 Å². The molecule has 0 aliphatic heterocycles. The number of amides is 4. The van der Waals surface area contributed by atoms with Gasteiger partial charge in [-0.15, -0.1) is 0 Å². The Labute approximate surface area is 177 Å². The lowest BCUT2D eigenvalue weighted by atomic mass is 10.2. The maximum Gasteiger partial charge on any atom is 0.328 e. The van der Waals surface area contributed by atoms with E-state index in [0.29, 0.717) is 0 Å². The van der Waals surface area contributed by atoms with Gasteiger partial charge in [0.1, 0.15) is 0 Å². The van der Waals surface area contributed by atoms with E-state index >= 15 is 0 Å². The molecule has 0 aliphatic carbocycles. The monoisotopic (exact) mass is 402 g/mol. The Kier molecular flexibility index (Phi) is 6.37. The van der Waals surface area contributed by atoms with Crippen molar-refractivity contribution in [3.05, 3.63) is 84.9 Å². The molecule has 30 heavy (non-hydrogen) atoms. The van der Waals surface area contributed by atoms with Gasteiger partial charge in [-0.3, -0.25) is 19.6 Å². The second-order valence-corrected chi connectivity index (χ2v) is 6.99. The van der Waals surface area contributed by atoms with Gasteiger partial charge >= 0.3 is 12.1 Å². The minimum atomic E-state index is -0.151. The summed E-state index contributed by atoms with van der Waals surface area (Å²) >= 11 is 0. The van der Waals surface area contributed by atoms with E-state index in [0.717, 1.165) is 22.7 Å². The van der Waals surface area contributed by atoms with Crippen LogP contribution in [0.2, 0.25) is 0 Å². The van der Waals surface area contributed by atoms with Crippen LogP contribution in [0.4, 0.5) is 32.3 Å². The van der Waals surface area contributed by atoms with Crippen molar-refractivity contribution in [2.75, 3.05) is 47.8 Å². The highest BCUT2D eigenvalue weighted by molar-refractivity contribution is 6.04. The summed E-state index contributed by atoms with van der Waals surface area (Å²) in [5, 5.41) is 0. The first-order valence-electron chi connectivity index (χ1n) is 9.63. The van der Waals surface area contributed by atoms with Crippen LogP contribution in [0.15, 0.2) is 84.9 Å². The third-order valence-corrected chi connectivity index (χ3v) is 5.06. The van der Waals surface area contributed by atoms with Crippen LogP contribution < -0.4 is 19.6 Å². The number of hydrogen-bond donors (Lipinski definition) is 0. The number of para-hydroxylation sites is 2. The zero-order valence-electron chi connectivity index (χ0n) is 17.7. The third kappa shape index (κ3) is 4.43. The summed E-state index contributed by atoms with van der Waals surface area (Å²) in [4.78, 5) is 31.9. The van der Waals surface area contributed by atoms with Crippen molar-refractivity contribution in [2.24, 2.45) is 0 Å². The van der Waals surface area contributed by atoms with Gasteiger partial charge in [0.15, 0.2) is 0 Å². The molecule has 0 bridgehead atoms. The average Bonchev–Trinajstić information content (AvgIpc) is 2.82. The van der Waals surface area contributed by atoms with Gasteiger partial charge in [0.05, 0.1) is 0 Å². The van der Waals surface area contributed by atoms with Gasteiger partial charge in [-0.05, 0) is 48.5 Å². The Bertz CT molecular complexity index is 908. The zero-order valence-corrected chi connectivity index (χ0v) is 17.7. The standard InChI is InChI=1S/C24H26N4O2/c1-25(19-11-7-5-8-12-19)23(29)27(3)21-15-17-22(18-16-21)28(4)24(30)26(2)20-13-9-6-10-14-20/h5-18H,1-4H3. The molecule has 4 amide bonds.